The SMILES string of the molecule is Cc1cc(=O)[nH]c(SCC(=O)N2CCN(c3cc4c(cc3F)c(=O)c(C(=O)O)cn4C3CC3)CC2)n1. The Bertz CT molecular complexity index is 1490. The quantitative estimate of drug-likeness (QED) is 0.378. The summed E-state index contributed by atoms with van der Waals surface area (Å²) in [6.45, 7) is 3.30. The number of hydrogen-bond donors (Lipinski definition) is 2. The molecule has 1 amide bonds. The lowest BCUT2D eigenvalue weighted by atomic mass is 10.1. The van der Waals surface area contributed by atoms with Gasteiger partial charge in [-0.25, -0.2) is 14.2 Å². The molecule has 2 N–H and O–H groups in total. The van der Waals surface area contributed by atoms with Crippen LogP contribution in [0, 0.1) is 12.7 Å². The van der Waals surface area contributed by atoms with Gasteiger partial charge in [-0.15, -0.1) is 0 Å². The van der Waals surface area contributed by atoms with E-state index in [1.165, 1.54) is 12.3 Å². The standard InChI is InChI=1S/C24H24FN5O5S/c1-13-8-20(31)27-24(26-13)36-12-21(32)29-6-4-28(5-7-29)19-10-18-15(9-17(19)25)22(33)16(23(34)35)11-30(18)14-2-3-14/h8-11,14H,2-7,12H2,1H3,(H,34,35)(H,26,27,31). The van der Waals surface area contributed by atoms with Crippen LogP contribution in [0.25, 0.3) is 10.9 Å². The molecule has 0 unspecified atom stereocenters. The molecule has 1 aromatic carbocycles. The summed E-state index contributed by atoms with van der Waals surface area (Å²) >= 11 is 1.16. The smallest absolute Gasteiger partial charge is 0.341 e. The number of hydrogen-bond acceptors (Lipinski definition) is 7. The normalized spacial score (nSPS) is 15.9. The van der Waals surface area contributed by atoms with Crippen molar-refractivity contribution in [1.29, 1.82) is 0 Å². The van der Waals surface area contributed by atoms with E-state index in [0.717, 1.165) is 30.7 Å². The summed E-state index contributed by atoms with van der Waals surface area (Å²) in [5.74, 6) is -1.92. The van der Waals surface area contributed by atoms with Gasteiger partial charge in [-0.2, -0.15) is 0 Å². The van der Waals surface area contributed by atoms with Gasteiger partial charge in [-0.3, -0.25) is 14.4 Å². The summed E-state index contributed by atoms with van der Waals surface area (Å²) in [6, 6.07) is 4.21. The Morgan fingerprint density at radius 2 is 1.89 bits per heavy atom. The van der Waals surface area contributed by atoms with Crippen molar-refractivity contribution in [1.82, 2.24) is 19.4 Å². The van der Waals surface area contributed by atoms with Gasteiger partial charge in [0.1, 0.15) is 11.4 Å². The van der Waals surface area contributed by atoms with Crippen LogP contribution in [0.15, 0.2) is 39.1 Å². The van der Waals surface area contributed by atoms with Crippen molar-refractivity contribution < 1.29 is 19.1 Å². The highest BCUT2D eigenvalue weighted by molar-refractivity contribution is 7.99. The predicted molar refractivity (Wildman–Crippen MR) is 133 cm³/mol. The fraction of sp³-hybridized carbons (Fsp3) is 0.375. The van der Waals surface area contributed by atoms with Crippen molar-refractivity contribution in [2.45, 2.75) is 31.0 Å². The highest BCUT2D eigenvalue weighted by atomic mass is 32.2. The molecule has 12 heteroatoms. The third-order valence-electron chi connectivity index (χ3n) is 6.42. The van der Waals surface area contributed by atoms with Crippen LogP contribution in [0.4, 0.5) is 10.1 Å². The first-order valence-corrected chi connectivity index (χ1v) is 12.5. The van der Waals surface area contributed by atoms with Gasteiger partial charge in [-0.1, -0.05) is 11.8 Å². The summed E-state index contributed by atoms with van der Waals surface area (Å²) in [5.41, 5.74) is 0.0790. The molecule has 0 atom stereocenters. The molecule has 1 aliphatic heterocycles. The lowest BCUT2D eigenvalue weighted by molar-refractivity contribution is -0.128. The number of rotatable bonds is 6. The van der Waals surface area contributed by atoms with E-state index in [1.807, 2.05) is 4.90 Å². The average molecular weight is 514 g/mol. The van der Waals surface area contributed by atoms with Gasteiger partial charge >= 0.3 is 5.97 Å². The summed E-state index contributed by atoms with van der Waals surface area (Å²) < 4.78 is 16.9. The van der Waals surface area contributed by atoms with Crippen molar-refractivity contribution in [2.75, 3.05) is 36.8 Å². The molecule has 1 saturated carbocycles. The fourth-order valence-electron chi connectivity index (χ4n) is 4.45. The van der Waals surface area contributed by atoms with Gasteiger partial charge in [0.2, 0.25) is 11.3 Å². The Kier molecular flexibility index (Phi) is 6.29. The Morgan fingerprint density at radius 3 is 2.53 bits per heavy atom. The number of aromatic carboxylic acids is 1. The lowest BCUT2D eigenvalue weighted by Gasteiger charge is -2.36. The summed E-state index contributed by atoms with van der Waals surface area (Å²) in [6.07, 6.45) is 3.10. The number of benzene rings is 1. The van der Waals surface area contributed by atoms with Crippen LogP contribution < -0.4 is 15.9 Å². The molecule has 0 radical (unpaired) electrons. The summed E-state index contributed by atoms with van der Waals surface area (Å²) in [5, 5.41) is 9.85. The van der Waals surface area contributed by atoms with E-state index in [0.29, 0.717) is 48.2 Å². The molecule has 2 aromatic heterocycles. The van der Waals surface area contributed by atoms with E-state index in [4.69, 9.17) is 0 Å². The Labute approximate surface area is 208 Å². The van der Waals surface area contributed by atoms with Crippen LogP contribution in [0.2, 0.25) is 0 Å². The molecule has 10 nitrogen and oxygen atoms in total. The first kappa shape index (κ1) is 24.0. The highest BCUT2D eigenvalue weighted by Gasteiger charge is 2.29. The van der Waals surface area contributed by atoms with Crippen LogP contribution >= 0.6 is 11.8 Å². The number of carbonyl (C=O) groups is 2. The molecule has 3 aromatic rings. The number of H-pyrrole nitrogens is 1. The molecule has 0 spiro atoms. The molecule has 36 heavy (non-hydrogen) atoms. The van der Waals surface area contributed by atoms with Crippen molar-refractivity contribution >= 4 is 40.2 Å². The van der Waals surface area contributed by atoms with Crippen LogP contribution in [-0.4, -0.2) is 68.3 Å². The van der Waals surface area contributed by atoms with E-state index in [1.54, 1.807) is 22.5 Å². The van der Waals surface area contributed by atoms with E-state index < -0.39 is 17.2 Å². The zero-order valence-electron chi connectivity index (χ0n) is 19.5. The molecule has 2 fully saturated rings. The predicted octanol–water partition coefficient (Wildman–Crippen LogP) is 2.01. The summed E-state index contributed by atoms with van der Waals surface area (Å²) in [4.78, 5) is 58.8. The number of carbonyl (C=O) groups excluding carboxylic acids is 1. The van der Waals surface area contributed by atoms with Crippen molar-refractivity contribution in [3.8, 4) is 0 Å². The number of amides is 1. The second kappa shape index (κ2) is 9.41. The molecular weight excluding hydrogens is 489 g/mol. The molecular formula is C24H24FN5O5S. The number of fused-ring (bicyclic) bond motifs is 1. The number of nitrogens with zero attached hydrogens (tertiary/aromatic N) is 4. The van der Waals surface area contributed by atoms with Gasteiger partial charge in [0, 0.05) is 55.6 Å². The third kappa shape index (κ3) is 4.72. The maximum Gasteiger partial charge on any atom is 0.341 e. The number of nitrogens with one attached hydrogen (secondary N) is 1. The fourth-order valence-corrected chi connectivity index (χ4v) is 5.27. The molecule has 5 rings (SSSR count). The highest BCUT2D eigenvalue weighted by Crippen LogP contribution is 2.38. The number of aryl methyl sites for hydroxylation is 1. The zero-order chi connectivity index (χ0) is 25.6. The number of pyridine rings is 1. The van der Waals surface area contributed by atoms with Crippen LogP contribution in [-0.2, 0) is 4.79 Å². The van der Waals surface area contributed by atoms with E-state index in [2.05, 4.69) is 9.97 Å². The maximum absolute atomic E-state index is 15.1. The third-order valence-corrected chi connectivity index (χ3v) is 7.28. The van der Waals surface area contributed by atoms with E-state index in [9.17, 15) is 24.3 Å². The van der Waals surface area contributed by atoms with Crippen molar-refractivity contribution in [2.24, 2.45) is 0 Å². The number of anilines is 1. The number of aromatic nitrogens is 3. The average Bonchev–Trinajstić information content (AvgIpc) is 3.67. The number of carboxylic acids is 1. The molecule has 2 aliphatic rings. The van der Waals surface area contributed by atoms with Crippen molar-refractivity contribution in [3.63, 3.8) is 0 Å². The van der Waals surface area contributed by atoms with Gasteiger partial charge in [0.25, 0.3) is 5.56 Å². The zero-order valence-corrected chi connectivity index (χ0v) is 20.3. The maximum atomic E-state index is 15.1. The van der Waals surface area contributed by atoms with Crippen LogP contribution in [0.5, 0.6) is 0 Å². The number of aromatic amines is 1. The summed E-state index contributed by atoms with van der Waals surface area (Å²) in [7, 11) is 0. The Morgan fingerprint density at radius 1 is 1.17 bits per heavy atom. The monoisotopic (exact) mass is 513 g/mol. The minimum absolute atomic E-state index is 0.0525. The number of carboxylic acid groups (broad SMARTS) is 1. The Hall–Kier alpha value is -3.67. The van der Waals surface area contributed by atoms with Gasteiger partial charge in [0.15, 0.2) is 5.16 Å². The topological polar surface area (TPSA) is 129 Å². The largest absolute Gasteiger partial charge is 0.477 e. The van der Waals surface area contributed by atoms with E-state index in [-0.39, 0.29) is 34.2 Å². The minimum Gasteiger partial charge on any atom is -0.477 e. The van der Waals surface area contributed by atoms with Crippen LogP contribution in [0.3, 0.4) is 0 Å². The second-order valence-electron chi connectivity index (χ2n) is 8.98. The lowest BCUT2D eigenvalue weighted by Crippen LogP contribution is -2.49. The first-order valence-electron chi connectivity index (χ1n) is 11.6. The van der Waals surface area contributed by atoms with Gasteiger partial charge < -0.3 is 24.5 Å². The molecule has 0 bridgehead atoms. The molecule has 3 heterocycles. The number of halogens is 1. The van der Waals surface area contributed by atoms with E-state index >= 15 is 4.39 Å². The molecule has 1 saturated heterocycles. The second-order valence-corrected chi connectivity index (χ2v) is 9.95. The minimum atomic E-state index is -1.33. The number of piperazine rings is 1. The number of thioether (sulfide) groups is 1. The molecule has 1 aliphatic carbocycles. The van der Waals surface area contributed by atoms with Gasteiger partial charge in [0.05, 0.1) is 17.0 Å². The first-order chi connectivity index (χ1) is 17.2. The van der Waals surface area contributed by atoms with Crippen LogP contribution in [0.1, 0.15) is 34.9 Å². The Balaban J connectivity index is 1.32. The molecule has 188 valence electrons. The van der Waals surface area contributed by atoms with Crippen molar-refractivity contribution in [3.05, 3.63) is 62.0 Å². The van der Waals surface area contributed by atoms with Gasteiger partial charge in [-0.05, 0) is 31.9 Å².